The highest BCUT2D eigenvalue weighted by Gasteiger charge is 2.09. The van der Waals surface area contributed by atoms with Crippen molar-refractivity contribution in [2.24, 2.45) is 0 Å². The van der Waals surface area contributed by atoms with Crippen molar-refractivity contribution in [3.8, 4) is 0 Å². The van der Waals surface area contributed by atoms with E-state index in [2.05, 4.69) is 19.1 Å². The molecule has 0 aromatic carbocycles. The number of allylic oxidation sites excluding steroid dienone is 2. The predicted molar refractivity (Wildman–Crippen MR) is 109 cm³/mol. The predicted octanol–water partition coefficient (Wildman–Crippen LogP) is 5.86. The average Bonchev–Trinajstić information content (AvgIpc) is 2.57. The summed E-state index contributed by atoms with van der Waals surface area (Å²) in [6.07, 6.45) is 21.4. The second-order valence-corrected chi connectivity index (χ2v) is 7.46. The highest BCUT2D eigenvalue weighted by Crippen LogP contribution is 2.10. The molecule has 0 saturated heterocycles. The molecule has 0 rings (SSSR count). The lowest BCUT2D eigenvalue weighted by Gasteiger charge is -2.18. The first-order valence-electron chi connectivity index (χ1n) is 10.6. The fourth-order valence-electron chi connectivity index (χ4n) is 3.04. The standard InChI is InChI=1S/C22H43NO2/c1-4-5-6-7-8-9-10-11-12-13-14-15-16-17-18-19-22(25)23(3)20-21(2)24/h11-12,21,24H,4-10,13-20H2,1-3H3/b12-11-. The van der Waals surface area contributed by atoms with Crippen LogP contribution in [0.5, 0.6) is 0 Å². The molecular weight excluding hydrogens is 310 g/mol. The summed E-state index contributed by atoms with van der Waals surface area (Å²) in [6, 6.07) is 0. The highest BCUT2D eigenvalue weighted by molar-refractivity contribution is 5.75. The highest BCUT2D eigenvalue weighted by atomic mass is 16.3. The van der Waals surface area contributed by atoms with Gasteiger partial charge in [0.15, 0.2) is 0 Å². The Morgan fingerprint density at radius 1 is 0.880 bits per heavy atom. The molecule has 0 spiro atoms. The molecule has 1 atom stereocenters. The molecule has 1 amide bonds. The van der Waals surface area contributed by atoms with Gasteiger partial charge in [-0.3, -0.25) is 4.79 Å². The zero-order valence-electron chi connectivity index (χ0n) is 17.1. The summed E-state index contributed by atoms with van der Waals surface area (Å²) in [7, 11) is 1.77. The third-order valence-electron chi connectivity index (χ3n) is 4.62. The van der Waals surface area contributed by atoms with Crippen LogP contribution in [0.3, 0.4) is 0 Å². The number of rotatable bonds is 17. The van der Waals surface area contributed by atoms with Gasteiger partial charge in [0.1, 0.15) is 0 Å². The Hall–Kier alpha value is -0.830. The van der Waals surface area contributed by atoms with Gasteiger partial charge in [-0.1, -0.05) is 70.4 Å². The minimum atomic E-state index is -0.442. The smallest absolute Gasteiger partial charge is 0.222 e. The first-order valence-corrected chi connectivity index (χ1v) is 10.6. The molecule has 148 valence electrons. The number of carbonyl (C=O) groups is 1. The Labute approximate surface area is 156 Å². The maximum absolute atomic E-state index is 11.8. The van der Waals surface area contributed by atoms with Gasteiger partial charge in [0, 0.05) is 20.0 Å². The second kappa shape index (κ2) is 18.0. The Morgan fingerprint density at radius 2 is 1.36 bits per heavy atom. The molecule has 0 saturated carbocycles. The van der Waals surface area contributed by atoms with Crippen LogP contribution in [0.2, 0.25) is 0 Å². The molecule has 25 heavy (non-hydrogen) atoms. The maximum atomic E-state index is 11.8. The van der Waals surface area contributed by atoms with Crippen molar-refractivity contribution in [1.82, 2.24) is 4.90 Å². The quantitative estimate of drug-likeness (QED) is 0.263. The molecule has 3 nitrogen and oxygen atoms in total. The molecule has 0 aromatic heterocycles. The SMILES string of the molecule is CCCCCCCC/C=C\CCCCCCCC(=O)N(C)CC(C)O. The fraction of sp³-hybridized carbons (Fsp3) is 0.864. The van der Waals surface area contributed by atoms with Crippen molar-refractivity contribution < 1.29 is 9.90 Å². The second-order valence-electron chi connectivity index (χ2n) is 7.46. The van der Waals surface area contributed by atoms with Gasteiger partial charge in [-0.15, -0.1) is 0 Å². The van der Waals surface area contributed by atoms with Crippen LogP contribution in [0.25, 0.3) is 0 Å². The number of aliphatic hydroxyl groups is 1. The van der Waals surface area contributed by atoms with Crippen LogP contribution in [0.15, 0.2) is 12.2 Å². The van der Waals surface area contributed by atoms with Gasteiger partial charge in [-0.2, -0.15) is 0 Å². The van der Waals surface area contributed by atoms with Gasteiger partial charge in [0.25, 0.3) is 0 Å². The van der Waals surface area contributed by atoms with E-state index in [1.165, 1.54) is 70.6 Å². The van der Waals surface area contributed by atoms with Gasteiger partial charge in [-0.25, -0.2) is 0 Å². The van der Waals surface area contributed by atoms with Crippen LogP contribution < -0.4 is 0 Å². The normalized spacial score (nSPS) is 12.6. The number of likely N-dealkylation sites (N-methyl/N-ethyl adjacent to an activating group) is 1. The van der Waals surface area contributed by atoms with Crippen molar-refractivity contribution in [2.45, 2.75) is 110 Å². The Balaban J connectivity index is 3.30. The summed E-state index contributed by atoms with van der Waals surface area (Å²) < 4.78 is 0. The van der Waals surface area contributed by atoms with Crippen LogP contribution in [-0.4, -0.2) is 35.6 Å². The van der Waals surface area contributed by atoms with E-state index in [9.17, 15) is 9.90 Å². The van der Waals surface area contributed by atoms with E-state index >= 15 is 0 Å². The molecule has 0 aliphatic heterocycles. The molecule has 0 aromatic rings. The fourth-order valence-corrected chi connectivity index (χ4v) is 3.04. The zero-order valence-corrected chi connectivity index (χ0v) is 17.1. The molecule has 0 fully saturated rings. The number of amides is 1. The molecule has 3 heteroatoms. The lowest BCUT2D eigenvalue weighted by Crippen LogP contribution is -2.32. The Kier molecular flexibility index (Phi) is 17.4. The van der Waals surface area contributed by atoms with E-state index in [4.69, 9.17) is 0 Å². The first-order chi connectivity index (χ1) is 12.1. The van der Waals surface area contributed by atoms with Crippen molar-refractivity contribution in [1.29, 1.82) is 0 Å². The topological polar surface area (TPSA) is 40.5 Å². The van der Waals surface area contributed by atoms with Crippen molar-refractivity contribution in [3.05, 3.63) is 12.2 Å². The third kappa shape index (κ3) is 17.8. The summed E-state index contributed by atoms with van der Waals surface area (Å²) in [4.78, 5) is 13.5. The Morgan fingerprint density at radius 3 is 1.88 bits per heavy atom. The van der Waals surface area contributed by atoms with E-state index in [1.807, 2.05) is 0 Å². The number of hydrogen-bond acceptors (Lipinski definition) is 2. The third-order valence-corrected chi connectivity index (χ3v) is 4.62. The van der Waals surface area contributed by atoms with Gasteiger partial charge < -0.3 is 10.0 Å². The molecule has 0 heterocycles. The average molecular weight is 354 g/mol. The van der Waals surface area contributed by atoms with E-state index in [0.29, 0.717) is 13.0 Å². The molecule has 0 aliphatic rings. The molecule has 1 unspecified atom stereocenters. The van der Waals surface area contributed by atoms with Crippen molar-refractivity contribution >= 4 is 5.91 Å². The molecule has 1 N–H and O–H groups in total. The number of hydrogen-bond donors (Lipinski definition) is 1. The van der Waals surface area contributed by atoms with Gasteiger partial charge >= 0.3 is 0 Å². The van der Waals surface area contributed by atoms with Crippen LogP contribution in [0.1, 0.15) is 104 Å². The minimum Gasteiger partial charge on any atom is -0.392 e. The van der Waals surface area contributed by atoms with Crippen LogP contribution in [-0.2, 0) is 4.79 Å². The lowest BCUT2D eigenvalue weighted by atomic mass is 10.1. The summed E-state index contributed by atoms with van der Waals surface area (Å²) in [5.41, 5.74) is 0. The zero-order chi connectivity index (χ0) is 18.8. The van der Waals surface area contributed by atoms with Crippen molar-refractivity contribution in [2.75, 3.05) is 13.6 Å². The number of nitrogens with zero attached hydrogens (tertiary/aromatic N) is 1. The summed E-state index contributed by atoms with van der Waals surface area (Å²) >= 11 is 0. The van der Waals surface area contributed by atoms with Gasteiger partial charge in [0.05, 0.1) is 6.10 Å². The summed E-state index contributed by atoms with van der Waals surface area (Å²) in [5.74, 6) is 0.151. The monoisotopic (exact) mass is 353 g/mol. The maximum Gasteiger partial charge on any atom is 0.222 e. The summed E-state index contributed by atoms with van der Waals surface area (Å²) in [5, 5.41) is 9.28. The largest absolute Gasteiger partial charge is 0.392 e. The van der Waals surface area contributed by atoms with E-state index in [0.717, 1.165) is 12.8 Å². The molecular formula is C22H43NO2. The van der Waals surface area contributed by atoms with E-state index in [-0.39, 0.29) is 5.91 Å². The number of carbonyl (C=O) groups excluding carboxylic acids is 1. The lowest BCUT2D eigenvalue weighted by molar-refractivity contribution is -0.131. The van der Waals surface area contributed by atoms with Crippen molar-refractivity contribution in [3.63, 3.8) is 0 Å². The molecule has 0 radical (unpaired) electrons. The number of aliphatic hydroxyl groups excluding tert-OH is 1. The molecule has 0 aliphatic carbocycles. The number of unbranched alkanes of at least 4 members (excludes halogenated alkanes) is 11. The Bertz CT molecular complexity index is 326. The first kappa shape index (κ1) is 24.2. The van der Waals surface area contributed by atoms with E-state index < -0.39 is 6.10 Å². The van der Waals surface area contributed by atoms with Crippen LogP contribution >= 0.6 is 0 Å². The van der Waals surface area contributed by atoms with Crippen LogP contribution in [0.4, 0.5) is 0 Å². The van der Waals surface area contributed by atoms with Gasteiger partial charge in [0.2, 0.25) is 5.91 Å². The minimum absolute atomic E-state index is 0.151. The molecule has 0 bridgehead atoms. The summed E-state index contributed by atoms with van der Waals surface area (Å²) in [6.45, 7) is 4.41. The van der Waals surface area contributed by atoms with Crippen LogP contribution in [0, 0.1) is 0 Å². The van der Waals surface area contributed by atoms with Gasteiger partial charge in [-0.05, 0) is 39.0 Å². The van der Waals surface area contributed by atoms with E-state index in [1.54, 1.807) is 18.9 Å².